The van der Waals surface area contributed by atoms with Crippen LogP contribution in [0.15, 0.2) is 47.5 Å². The molecular formula is C21H26N4O4S. The lowest BCUT2D eigenvalue weighted by atomic mass is 10.2. The largest absolute Gasteiger partial charge is 0.356 e. The predicted octanol–water partition coefficient (Wildman–Crippen LogP) is 1.44. The molecule has 160 valence electrons. The monoisotopic (exact) mass is 430 g/mol. The number of carbonyl (C=O) groups is 2. The topological polar surface area (TPSA) is 93.8 Å². The molecule has 2 saturated heterocycles. The average molecular weight is 431 g/mol. The summed E-state index contributed by atoms with van der Waals surface area (Å²) in [7, 11) is -3.51. The molecule has 0 saturated carbocycles. The highest BCUT2D eigenvalue weighted by molar-refractivity contribution is 7.89. The van der Waals surface area contributed by atoms with Gasteiger partial charge in [0.15, 0.2) is 5.78 Å². The van der Waals surface area contributed by atoms with Gasteiger partial charge >= 0.3 is 0 Å². The summed E-state index contributed by atoms with van der Waals surface area (Å²) in [5.41, 5.74) is 0.927. The maximum Gasteiger partial charge on any atom is 0.270 e. The van der Waals surface area contributed by atoms with Gasteiger partial charge in [0.1, 0.15) is 5.69 Å². The van der Waals surface area contributed by atoms with Crippen LogP contribution in [0.2, 0.25) is 0 Å². The summed E-state index contributed by atoms with van der Waals surface area (Å²) in [5.74, 6) is -0.141. The zero-order valence-electron chi connectivity index (χ0n) is 16.8. The molecule has 0 unspecified atom stereocenters. The zero-order chi connectivity index (χ0) is 21.1. The highest BCUT2D eigenvalue weighted by Crippen LogP contribution is 2.18. The van der Waals surface area contributed by atoms with Gasteiger partial charge in [-0.1, -0.05) is 18.2 Å². The fourth-order valence-corrected chi connectivity index (χ4v) is 5.38. The van der Waals surface area contributed by atoms with Gasteiger partial charge in [0.2, 0.25) is 10.0 Å². The van der Waals surface area contributed by atoms with Crippen LogP contribution < -0.4 is 0 Å². The number of benzene rings is 1. The third-order valence-corrected chi connectivity index (χ3v) is 7.62. The van der Waals surface area contributed by atoms with Crippen LogP contribution in [0.3, 0.4) is 0 Å². The smallest absolute Gasteiger partial charge is 0.270 e. The second-order valence-electron chi connectivity index (χ2n) is 7.72. The second kappa shape index (κ2) is 8.71. The molecule has 2 aliphatic rings. The molecule has 1 aromatic heterocycles. The van der Waals surface area contributed by atoms with Crippen LogP contribution in [0.25, 0.3) is 0 Å². The normalized spacial score (nSPS) is 18.6. The number of aromatic nitrogens is 1. The van der Waals surface area contributed by atoms with Gasteiger partial charge in [-0.05, 0) is 31.0 Å². The first-order valence-corrected chi connectivity index (χ1v) is 11.7. The summed E-state index contributed by atoms with van der Waals surface area (Å²) in [6.07, 6.45) is 3.62. The van der Waals surface area contributed by atoms with Crippen LogP contribution in [0.5, 0.6) is 0 Å². The minimum atomic E-state index is -3.51. The predicted molar refractivity (Wildman–Crippen MR) is 112 cm³/mol. The van der Waals surface area contributed by atoms with E-state index in [2.05, 4.69) is 4.98 Å². The van der Waals surface area contributed by atoms with E-state index in [9.17, 15) is 18.0 Å². The number of piperazine rings is 1. The van der Waals surface area contributed by atoms with E-state index in [-0.39, 0.29) is 23.1 Å². The summed E-state index contributed by atoms with van der Waals surface area (Å²) in [4.78, 5) is 32.0. The first kappa shape index (κ1) is 20.8. The van der Waals surface area contributed by atoms with Crippen LogP contribution in [-0.4, -0.2) is 85.0 Å². The minimum absolute atomic E-state index is 0.0636. The lowest BCUT2D eigenvalue weighted by Gasteiger charge is -2.33. The van der Waals surface area contributed by atoms with Gasteiger partial charge < -0.3 is 9.88 Å². The van der Waals surface area contributed by atoms with Crippen LogP contribution in [0.4, 0.5) is 0 Å². The number of carbonyl (C=O) groups excluding carboxylic acids is 2. The molecular weight excluding hydrogens is 404 g/mol. The van der Waals surface area contributed by atoms with E-state index in [0.29, 0.717) is 37.4 Å². The summed E-state index contributed by atoms with van der Waals surface area (Å²) in [5, 5.41) is 0. The molecule has 1 amide bonds. The first-order valence-electron chi connectivity index (χ1n) is 10.2. The fraction of sp³-hybridized carbons (Fsp3) is 0.429. The Morgan fingerprint density at radius 1 is 0.933 bits per heavy atom. The standard InChI is InChI=1S/C21H26N4O4S/c26-20(17-14-19(22-15-17)21(27)24-8-4-5-9-24)16-23-10-12-25(13-11-23)30(28,29)18-6-2-1-3-7-18/h1-3,6-7,14-15,22H,4-5,8-13,16H2. The van der Waals surface area contributed by atoms with E-state index in [0.717, 1.165) is 25.9 Å². The van der Waals surface area contributed by atoms with Crippen LogP contribution in [0.1, 0.15) is 33.7 Å². The number of nitrogens with zero attached hydrogens (tertiary/aromatic N) is 3. The average Bonchev–Trinajstić information content (AvgIpc) is 3.47. The Morgan fingerprint density at radius 3 is 2.27 bits per heavy atom. The van der Waals surface area contributed by atoms with E-state index < -0.39 is 10.0 Å². The van der Waals surface area contributed by atoms with Crippen molar-refractivity contribution in [1.82, 2.24) is 19.1 Å². The molecule has 0 bridgehead atoms. The van der Waals surface area contributed by atoms with Crippen molar-refractivity contribution in [2.24, 2.45) is 0 Å². The van der Waals surface area contributed by atoms with Gasteiger partial charge in [-0.3, -0.25) is 14.5 Å². The Morgan fingerprint density at radius 2 is 1.60 bits per heavy atom. The highest BCUT2D eigenvalue weighted by Gasteiger charge is 2.29. The van der Waals surface area contributed by atoms with Crippen LogP contribution >= 0.6 is 0 Å². The maximum absolute atomic E-state index is 12.7. The molecule has 1 aromatic carbocycles. The van der Waals surface area contributed by atoms with Crippen molar-refractivity contribution in [2.75, 3.05) is 45.8 Å². The van der Waals surface area contributed by atoms with Crippen molar-refractivity contribution in [3.05, 3.63) is 53.9 Å². The molecule has 3 heterocycles. The van der Waals surface area contributed by atoms with Gasteiger partial charge in [0, 0.05) is 51.0 Å². The van der Waals surface area contributed by atoms with Crippen molar-refractivity contribution in [1.29, 1.82) is 0 Å². The van der Waals surface area contributed by atoms with Crippen molar-refractivity contribution in [3.63, 3.8) is 0 Å². The number of H-pyrrole nitrogens is 1. The number of sulfonamides is 1. The highest BCUT2D eigenvalue weighted by atomic mass is 32.2. The van der Waals surface area contributed by atoms with Crippen molar-refractivity contribution >= 4 is 21.7 Å². The number of nitrogens with one attached hydrogen (secondary N) is 1. The lowest BCUT2D eigenvalue weighted by Crippen LogP contribution is -2.49. The molecule has 0 spiro atoms. The van der Waals surface area contributed by atoms with Crippen LogP contribution in [0, 0.1) is 0 Å². The summed E-state index contributed by atoms with van der Waals surface area (Å²) < 4.78 is 26.9. The zero-order valence-corrected chi connectivity index (χ0v) is 17.6. The molecule has 0 radical (unpaired) electrons. The maximum atomic E-state index is 12.7. The molecule has 2 fully saturated rings. The number of Topliss-reactive ketones (excluding diaryl/α,β-unsaturated/α-hetero) is 1. The number of hydrogen-bond donors (Lipinski definition) is 1. The van der Waals surface area contributed by atoms with Crippen molar-refractivity contribution in [3.8, 4) is 0 Å². The minimum Gasteiger partial charge on any atom is -0.356 e. The lowest BCUT2D eigenvalue weighted by molar-refractivity contribution is 0.0787. The first-order chi connectivity index (χ1) is 14.4. The molecule has 0 aliphatic carbocycles. The Kier molecular flexibility index (Phi) is 6.03. The molecule has 9 heteroatoms. The summed E-state index contributed by atoms with van der Waals surface area (Å²) in [6.45, 7) is 3.39. The number of hydrogen-bond acceptors (Lipinski definition) is 5. The Balaban J connectivity index is 1.32. The second-order valence-corrected chi connectivity index (χ2v) is 9.66. The van der Waals surface area contributed by atoms with Crippen molar-refractivity contribution < 1.29 is 18.0 Å². The van der Waals surface area contributed by atoms with E-state index in [4.69, 9.17) is 0 Å². The molecule has 30 heavy (non-hydrogen) atoms. The summed E-state index contributed by atoms with van der Waals surface area (Å²) >= 11 is 0. The number of ketones is 1. The Hall–Kier alpha value is -2.49. The summed E-state index contributed by atoms with van der Waals surface area (Å²) in [6, 6.07) is 10.0. The number of likely N-dealkylation sites (tertiary alicyclic amines) is 1. The third-order valence-electron chi connectivity index (χ3n) is 5.71. The Bertz CT molecular complexity index is 1000. The molecule has 8 nitrogen and oxygen atoms in total. The molecule has 2 aliphatic heterocycles. The molecule has 2 aromatic rings. The van der Waals surface area contributed by atoms with Gasteiger partial charge in [0.25, 0.3) is 5.91 Å². The fourth-order valence-electron chi connectivity index (χ4n) is 3.93. The van der Waals surface area contributed by atoms with Crippen molar-refractivity contribution in [2.45, 2.75) is 17.7 Å². The van der Waals surface area contributed by atoms with E-state index in [1.165, 1.54) is 4.31 Å². The van der Waals surface area contributed by atoms with E-state index in [1.807, 2.05) is 4.90 Å². The van der Waals surface area contributed by atoms with Gasteiger partial charge in [0.05, 0.1) is 11.4 Å². The van der Waals surface area contributed by atoms with E-state index >= 15 is 0 Å². The number of rotatable bonds is 6. The Labute approximate surface area is 176 Å². The number of amides is 1. The SMILES string of the molecule is O=C(CN1CCN(S(=O)(=O)c2ccccc2)CC1)c1c[nH]c(C(=O)N2CCCC2)c1. The van der Waals surface area contributed by atoms with Gasteiger partial charge in [-0.15, -0.1) is 0 Å². The van der Waals surface area contributed by atoms with Gasteiger partial charge in [-0.25, -0.2) is 8.42 Å². The molecule has 0 atom stereocenters. The molecule has 4 rings (SSSR count). The third kappa shape index (κ3) is 4.33. The quantitative estimate of drug-likeness (QED) is 0.700. The number of aromatic amines is 1. The van der Waals surface area contributed by atoms with E-state index in [1.54, 1.807) is 47.5 Å². The molecule has 1 N–H and O–H groups in total. The van der Waals surface area contributed by atoms with Crippen LogP contribution in [-0.2, 0) is 10.0 Å². The van der Waals surface area contributed by atoms with Gasteiger partial charge in [-0.2, -0.15) is 4.31 Å².